The standard InChI is InChI=1S/C23H23NO4/c1-26-21-11-7-6-8-18(21)15-24-23(25)17-12-13-22(27-2)19(14-17)16-28-20-9-4-3-5-10-20/h3-14H,15-16H2,1-2H3,(H,24,25). The van der Waals surface area contributed by atoms with Crippen molar-refractivity contribution in [1.82, 2.24) is 5.32 Å². The molecule has 28 heavy (non-hydrogen) atoms. The first kappa shape index (κ1) is 19.3. The Morgan fingerprint density at radius 2 is 1.50 bits per heavy atom. The Bertz CT molecular complexity index is 925. The monoisotopic (exact) mass is 377 g/mol. The molecule has 3 rings (SSSR count). The molecule has 0 aliphatic rings. The summed E-state index contributed by atoms with van der Waals surface area (Å²) in [6.45, 7) is 0.686. The average Bonchev–Trinajstić information content (AvgIpc) is 2.76. The van der Waals surface area contributed by atoms with Gasteiger partial charge in [0, 0.05) is 23.2 Å². The van der Waals surface area contributed by atoms with Crippen LogP contribution in [0.4, 0.5) is 0 Å². The molecular weight excluding hydrogens is 354 g/mol. The van der Waals surface area contributed by atoms with Crippen molar-refractivity contribution in [3.05, 3.63) is 89.5 Å². The number of benzene rings is 3. The topological polar surface area (TPSA) is 56.8 Å². The van der Waals surface area contributed by atoms with Crippen LogP contribution < -0.4 is 19.5 Å². The summed E-state index contributed by atoms with van der Waals surface area (Å²) in [6, 6.07) is 22.4. The maximum absolute atomic E-state index is 12.6. The summed E-state index contributed by atoms with van der Waals surface area (Å²) >= 11 is 0. The highest BCUT2D eigenvalue weighted by molar-refractivity contribution is 5.94. The molecule has 0 aliphatic carbocycles. The molecule has 144 valence electrons. The van der Waals surface area contributed by atoms with E-state index in [0.29, 0.717) is 24.5 Å². The lowest BCUT2D eigenvalue weighted by molar-refractivity contribution is 0.0950. The Labute approximate surface area is 164 Å². The van der Waals surface area contributed by atoms with Gasteiger partial charge in [-0.25, -0.2) is 0 Å². The Morgan fingerprint density at radius 3 is 2.25 bits per heavy atom. The van der Waals surface area contributed by atoms with Gasteiger partial charge in [-0.15, -0.1) is 0 Å². The van der Waals surface area contributed by atoms with E-state index < -0.39 is 0 Å². The van der Waals surface area contributed by atoms with Crippen molar-refractivity contribution < 1.29 is 19.0 Å². The maximum Gasteiger partial charge on any atom is 0.251 e. The van der Waals surface area contributed by atoms with Gasteiger partial charge in [0.1, 0.15) is 23.9 Å². The van der Waals surface area contributed by atoms with Crippen LogP contribution in [0, 0.1) is 0 Å². The van der Waals surface area contributed by atoms with Crippen LogP contribution in [0.3, 0.4) is 0 Å². The van der Waals surface area contributed by atoms with Crippen LogP contribution in [0.1, 0.15) is 21.5 Å². The second kappa shape index (κ2) is 9.46. The van der Waals surface area contributed by atoms with Gasteiger partial charge in [-0.3, -0.25) is 4.79 Å². The summed E-state index contributed by atoms with van der Waals surface area (Å²) in [4.78, 5) is 12.6. The van der Waals surface area contributed by atoms with Crippen molar-refractivity contribution in [2.45, 2.75) is 13.2 Å². The molecule has 0 fully saturated rings. The molecule has 5 nitrogen and oxygen atoms in total. The Morgan fingerprint density at radius 1 is 0.821 bits per heavy atom. The number of carbonyl (C=O) groups excluding carboxylic acids is 1. The minimum Gasteiger partial charge on any atom is -0.496 e. The number of carbonyl (C=O) groups is 1. The second-order valence-corrected chi connectivity index (χ2v) is 6.12. The normalized spacial score (nSPS) is 10.2. The lowest BCUT2D eigenvalue weighted by atomic mass is 10.1. The van der Waals surface area contributed by atoms with Crippen LogP contribution in [0.2, 0.25) is 0 Å². The SMILES string of the molecule is COc1ccccc1CNC(=O)c1ccc(OC)c(COc2ccccc2)c1. The molecule has 0 aromatic heterocycles. The van der Waals surface area contributed by atoms with Crippen LogP contribution in [-0.4, -0.2) is 20.1 Å². The molecule has 0 bridgehead atoms. The number of nitrogens with one attached hydrogen (secondary N) is 1. The fourth-order valence-electron chi connectivity index (χ4n) is 2.84. The van der Waals surface area contributed by atoms with Crippen molar-refractivity contribution in [3.63, 3.8) is 0 Å². The fraction of sp³-hybridized carbons (Fsp3) is 0.174. The third-order valence-electron chi connectivity index (χ3n) is 4.31. The van der Waals surface area contributed by atoms with Gasteiger partial charge in [-0.1, -0.05) is 36.4 Å². The summed E-state index contributed by atoms with van der Waals surface area (Å²) in [5, 5.41) is 2.93. The molecule has 0 heterocycles. The number of amides is 1. The van der Waals surface area contributed by atoms with Crippen LogP contribution >= 0.6 is 0 Å². The number of methoxy groups -OCH3 is 2. The summed E-state index contributed by atoms with van der Waals surface area (Å²) in [5.74, 6) is 2.01. The highest BCUT2D eigenvalue weighted by atomic mass is 16.5. The van der Waals surface area contributed by atoms with Crippen molar-refractivity contribution in [2.24, 2.45) is 0 Å². The molecule has 0 unspecified atom stereocenters. The van der Waals surface area contributed by atoms with E-state index in [1.165, 1.54) is 0 Å². The van der Waals surface area contributed by atoms with Gasteiger partial charge in [-0.2, -0.15) is 0 Å². The van der Waals surface area contributed by atoms with Crippen molar-refractivity contribution in [3.8, 4) is 17.2 Å². The van der Waals surface area contributed by atoms with Crippen molar-refractivity contribution >= 4 is 5.91 Å². The minimum absolute atomic E-state index is 0.172. The van der Waals surface area contributed by atoms with E-state index in [9.17, 15) is 4.79 Å². The lowest BCUT2D eigenvalue weighted by Crippen LogP contribution is -2.23. The molecule has 0 saturated heterocycles. The molecular formula is C23H23NO4. The number of para-hydroxylation sites is 2. The molecule has 0 spiro atoms. The minimum atomic E-state index is -0.172. The highest BCUT2D eigenvalue weighted by Gasteiger charge is 2.12. The van der Waals surface area contributed by atoms with Gasteiger partial charge in [-0.05, 0) is 36.4 Å². The molecule has 1 amide bonds. The molecule has 0 radical (unpaired) electrons. The van der Waals surface area contributed by atoms with E-state index in [1.807, 2.05) is 54.6 Å². The van der Waals surface area contributed by atoms with Gasteiger partial charge < -0.3 is 19.5 Å². The first-order valence-corrected chi connectivity index (χ1v) is 8.96. The predicted octanol–water partition coefficient (Wildman–Crippen LogP) is 4.21. The fourth-order valence-corrected chi connectivity index (χ4v) is 2.84. The van der Waals surface area contributed by atoms with Crippen molar-refractivity contribution in [2.75, 3.05) is 14.2 Å². The zero-order valence-corrected chi connectivity index (χ0v) is 16.0. The highest BCUT2D eigenvalue weighted by Crippen LogP contribution is 2.23. The third-order valence-corrected chi connectivity index (χ3v) is 4.31. The smallest absolute Gasteiger partial charge is 0.251 e. The molecule has 5 heteroatoms. The molecule has 0 atom stereocenters. The van der Waals surface area contributed by atoms with Crippen LogP contribution in [0.25, 0.3) is 0 Å². The molecule has 1 N–H and O–H groups in total. The molecule has 3 aromatic carbocycles. The summed E-state index contributed by atoms with van der Waals surface area (Å²) in [6.07, 6.45) is 0. The van der Waals surface area contributed by atoms with E-state index in [4.69, 9.17) is 14.2 Å². The summed E-state index contributed by atoms with van der Waals surface area (Å²) in [7, 11) is 3.21. The molecule has 3 aromatic rings. The third kappa shape index (κ3) is 4.82. The molecule has 0 saturated carbocycles. The van der Waals surface area contributed by atoms with Crippen LogP contribution in [0.15, 0.2) is 72.8 Å². The first-order valence-electron chi connectivity index (χ1n) is 8.96. The number of ether oxygens (including phenoxy) is 3. The van der Waals surface area contributed by atoms with Gasteiger partial charge in [0.2, 0.25) is 0 Å². The van der Waals surface area contributed by atoms with Gasteiger partial charge in [0.25, 0.3) is 5.91 Å². The van der Waals surface area contributed by atoms with E-state index in [0.717, 1.165) is 22.6 Å². The second-order valence-electron chi connectivity index (χ2n) is 6.12. The summed E-state index contributed by atoms with van der Waals surface area (Å²) < 4.78 is 16.5. The maximum atomic E-state index is 12.6. The quantitative estimate of drug-likeness (QED) is 0.639. The predicted molar refractivity (Wildman–Crippen MR) is 108 cm³/mol. The zero-order chi connectivity index (χ0) is 19.8. The van der Waals surface area contributed by atoms with Crippen LogP contribution in [0.5, 0.6) is 17.2 Å². The number of rotatable bonds is 8. The summed E-state index contributed by atoms with van der Waals surface area (Å²) in [5.41, 5.74) is 2.26. The van der Waals surface area contributed by atoms with Gasteiger partial charge >= 0.3 is 0 Å². The van der Waals surface area contributed by atoms with E-state index in [-0.39, 0.29) is 5.91 Å². The largest absolute Gasteiger partial charge is 0.496 e. The van der Waals surface area contributed by atoms with E-state index in [1.54, 1.807) is 32.4 Å². The number of hydrogen-bond acceptors (Lipinski definition) is 4. The van der Waals surface area contributed by atoms with Gasteiger partial charge in [0.15, 0.2) is 0 Å². The number of hydrogen-bond donors (Lipinski definition) is 1. The Hall–Kier alpha value is -3.47. The van der Waals surface area contributed by atoms with E-state index in [2.05, 4.69) is 5.32 Å². The van der Waals surface area contributed by atoms with Gasteiger partial charge in [0.05, 0.1) is 14.2 Å². The Kier molecular flexibility index (Phi) is 6.52. The van der Waals surface area contributed by atoms with E-state index >= 15 is 0 Å². The average molecular weight is 377 g/mol. The van der Waals surface area contributed by atoms with Crippen LogP contribution in [-0.2, 0) is 13.2 Å². The molecule has 0 aliphatic heterocycles. The van der Waals surface area contributed by atoms with Crippen molar-refractivity contribution in [1.29, 1.82) is 0 Å². The zero-order valence-electron chi connectivity index (χ0n) is 16.0. The Balaban J connectivity index is 1.70. The first-order chi connectivity index (χ1) is 13.7. The lowest BCUT2D eigenvalue weighted by Gasteiger charge is -2.13.